The lowest BCUT2D eigenvalue weighted by molar-refractivity contribution is -0.123. The molecule has 1 aromatic carbocycles. The molecule has 106 valence electrons. The fraction of sp³-hybridized carbons (Fsp3) is 0.533. The van der Waals surface area contributed by atoms with E-state index in [9.17, 15) is 4.79 Å². The molecule has 1 rings (SSSR count). The van der Waals surface area contributed by atoms with E-state index in [1.54, 1.807) is 0 Å². The average molecular weight is 263 g/mol. The van der Waals surface area contributed by atoms with Gasteiger partial charge in [-0.1, -0.05) is 6.92 Å². The van der Waals surface area contributed by atoms with E-state index in [4.69, 9.17) is 5.73 Å². The quantitative estimate of drug-likeness (QED) is 0.802. The van der Waals surface area contributed by atoms with Crippen LogP contribution < -0.4 is 16.0 Å². The maximum atomic E-state index is 12.2. The van der Waals surface area contributed by atoms with Crippen LogP contribution in [0.3, 0.4) is 0 Å². The second-order valence-corrected chi connectivity index (χ2v) is 5.61. The molecule has 0 aliphatic heterocycles. The summed E-state index contributed by atoms with van der Waals surface area (Å²) in [5, 5.41) is 3.06. The molecule has 0 aliphatic carbocycles. The second-order valence-electron chi connectivity index (χ2n) is 5.61. The van der Waals surface area contributed by atoms with Crippen LogP contribution in [0.5, 0.6) is 0 Å². The fourth-order valence-corrected chi connectivity index (χ4v) is 1.64. The number of likely N-dealkylation sites (N-methyl/N-ethyl adjacent to an activating group) is 1. The van der Waals surface area contributed by atoms with Crippen molar-refractivity contribution in [2.75, 3.05) is 17.7 Å². The second kappa shape index (κ2) is 5.95. The van der Waals surface area contributed by atoms with Crippen molar-refractivity contribution < 1.29 is 4.79 Å². The van der Waals surface area contributed by atoms with Crippen molar-refractivity contribution in [3.8, 4) is 0 Å². The molecular formula is C15H25N3O. The summed E-state index contributed by atoms with van der Waals surface area (Å²) in [6.45, 7) is 8.02. The number of nitrogen functional groups attached to an aromatic ring is 1. The van der Waals surface area contributed by atoms with Gasteiger partial charge in [0.1, 0.15) is 6.04 Å². The highest BCUT2D eigenvalue weighted by atomic mass is 16.2. The minimum absolute atomic E-state index is 0.0335. The molecular weight excluding hydrogens is 238 g/mol. The Morgan fingerprint density at radius 3 is 2.37 bits per heavy atom. The summed E-state index contributed by atoms with van der Waals surface area (Å²) in [5.74, 6) is 0.0335. The lowest BCUT2D eigenvalue weighted by atomic mass is 10.0. The Hall–Kier alpha value is -1.71. The van der Waals surface area contributed by atoms with Gasteiger partial charge in [-0.25, -0.2) is 0 Å². The molecule has 0 saturated heterocycles. The van der Waals surface area contributed by atoms with Gasteiger partial charge >= 0.3 is 0 Å². The Morgan fingerprint density at radius 1 is 1.37 bits per heavy atom. The summed E-state index contributed by atoms with van der Waals surface area (Å²) < 4.78 is 0. The molecule has 0 fully saturated rings. The number of benzene rings is 1. The first-order valence-corrected chi connectivity index (χ1v) is 6.67. The first-order chi connectivity index (χ1) is 8.76. The minimum atomic E-state index is -0.227. The topological polar surface area (TPSA) is 58.4 Å². The van der Waals surface area contributed by atoms with E-state index < -0.39 is 0 Å². The number of nitrogens with two attached hydrogens (primary N) is 1. The predicted molar refractivity (Wildman–Crippen MR) is 81.2 cm³/mol. The van der Waals surface area contributed by atoms with Crippen molar-refractivity contribution in [3.05, 3.63) is 24.3 Å². The monoisotopic (exact) mass is 263 g/mol. The van der Waals surface area contributed by atoms with Gasteiger partial charge < -0.3 is 16.0 Å². The van der Waals surface area contributed by atoms with Crippen LogP contribution in [-0.4, -0.2) is 24.5 Å². The van der Waals surface area contributed by atoms with Gasteiger partial charge in [-0.2, -0.15) is 0 Å². The highest BCUT2D eigenvalue weighted by Gasteiger charge is 2.24. The Balaban J connectivity index is 2.74. The van der Waals surface area contributed by atoms with E-state index in [0.29, 0.717) is 0 Å². The van der Waals surface area contributed by atoms with Crippen molar-refractivity contribution in [1.29, 1.82) is 0 Å². The third-order valence-electron chi connectivity index (χ3n) is 3.61. The largest absolute Gasteiger partial charge is 0.399 e. The Kier molecular flexibility index (Phi) is 4.81. The average Bonchev–Trinajstić information content (AvgIpc) is 2.37. The minimum Gasteiger partial charge on any atom is -0.399 e. The molecule has 0 aromatic heterocycles. The summed E-state index contributed by atoms with van der Waals surface area (Å²) in [6.07, 6.45) is 0.900. The molecule has 19 heavy (non-hydrogen) atoms. The summed E-state index contributed by atoms with van der Waals surface area (Å²) >= 11 is 0. The predicted octanol–water partition coefficient (Wildman–Crippen LogP) is 2.40. The van der Waals surface area contributed by atoms with E-state index in [1.807, 2.05) is 57.0 Å². The van der Waals surface area contributed by atoms with Gasteiger partial charge in [-0.05, 0) is 51.5 Å². The maximum absolute atomic E-state index is 12.2. The number of nitrogens with one attached hydrogen (secondary N) is 1. The van der Waals surface area contributed by atoms with Crippen LogP contribution in [0.1, 0.15) is 34.1 Å². The van der Waals surface area contributed by atoms with Gasteiger partial charge in [-0.15, -0.1) is 0 Å². The van der Waals surface area contributed by atoms with Crippen LogP contribution in [0.4, 0.5) is 11.4 Å². The number of anilines is 2. The maximum Gasteiger partial charge on any atom is 0.242 e. The van der Waals surface area contributed by atoms with Crippen LogP contribution in [0.2, 0.25) is 0 Å². The number of nitrogens with zero attached hydrogens (tertiary/aromatic N) is 1. The number of hydrogen-bond acceptors (Lipinski definition) is 3. The molecule has 0 radical (unpaired) electrons. The van der Waals surface area contributed by atoms with Gasteiger partial charge in [-0.3, -0.25) is 4.79 Å². The van der Waals surface area contributed by atoms with Crippen LogP contribution in [0.25, 0.3) is 0 Å². The fourth-order valence-electron chi connectivity index (χ4n) is 1.64. The van der Waals surface area contributed by atoms with Crippen molar-refractivity contribution in [2.24, 2.45) is 0 Å². The molecule has 4 heteroatoms. The summed E-state index contributed by atoms with van der Waals surface area (Å²) in [5.41, 5.74) is 7.19. The third kappa shape index (κ3) is 4.16. The number of amides is 1. The first kappa shape index (κ1) is 15.3. The molecule has 0 aliphatic rings. The molecule has 1 atom stereocenters. The molecule has 4 nitrogen and oxygen atoms in total. The molecule has 0 spiro atoms. The summed E-state index contributed by atoms with van der Waals surface area (Å²) in [4.78, 5) is 14.2. The van der Waals surface area contributed by atoms with Gasteiger partial charge in [0.05, 0.1) is 0 Å². The van der Waals surface area contributed by atoms with Crippen molar-refractivity contribution >= 4 is 17.3 Å². The Bertz CT molecular complexity index is 426. The Labute approximate surface area is 116 Å². The standard InChI is InChI=1S/C15H25N3O/c1-6-15(3,4)17-14(19)11(2)18(5)13-9-7-12(16)8-10-13/h7-11H,6,16H2,1-5H3,(H,17,19). The zero-order valence-electron chi connectivity index (χ0n) is 12.5. The Morgan fingerprint density at radius 2 is 1.89 bits per heavy atom. The zero-order valence-corrected chi connectivity index (χ0v) is 12.5. The molecule has 1 unspecified atom stereocenters. The molecule has 0 heterocycles. The van der Waals surface area contributed by atoms with Crippen LogP contribution in [-0.2, 0) is 4.79 Å². The van der Waals surface area contributed by atoms with Gasteiger partial charge in [0.25, 0.3) is 0 Å². The summed E-state index contributed by atoms with van der Waals surface area (Å²) in [6, 6.07) is 7.29. The van der Waals surface area contributed by atoms with Crippen LogP contribution in [0, 0.1) is 0 Å². The SMILES string of the molecule is CCC(C)(C)NC(=O)C(C)N(C)c1ccc(N)cc1. The highest BCUT2D eigenvalue weighted by Crippen LogP contribution is 2.18. The molecule has 1 amide bonds. The van der Waals surface area contributed by atoms with Crippen LogP contribution >= 0.6 is 0 Å². The van der Waals surface area contributed by atoms with E-state index in [-0.39, 0.29) is 17.5 Å². The van der Waals surface area contributed by atoms with Gasteiger partial charge in [0.2, 0.25) is 5.91 Å². The van der Waals surface area contributed by atoms with Crippen molar-refractivity contribution in [1.82, 2.24) is 5.32 Å². The highest BCUT2D eigenvalue weighted by molar-refractivity contribution is 5.85. The molecule has 1 aromatic rings. The lowest BCUT2D eigenvalue weighted by Crippen LogP contribution is -2.51. The number of hydrogen-bond donors (Lipinski definition) is 2. The third-order valence-corrected chi connectivity index (χ3v) is 3.61. The summed E-state index contributed by atoms with van der Waals surface area (Å²) in [7, 11) is 1.91. The first-order valence-electron chi connectivity index (χ1n) is 6.67. The zero-order chi connectivity index (χ0) is 14.6. The number of rotatable bonds is 5. The lowest BCUT2D eigenvalue weighted by Gasteiger charge is -2.31. The van der Waals surface area contributed by atoms with E-state index in [1.165, 1.54) is 0 Å². The van der Waals surface area contributed by atoms with E-state index in [2.05, 4.69) is 12.2 Å². The number of carbonyl (C=O) groups is 1. The number of carbonyl (C=O) groups excluding carboxylic acids is 1. The van der Waals surface area contributed by atoms with Crippen molar-refractivity contribution in [2.45, 2.75) is 45.7 Å². The molecule has 3 N–H and O–H groups in total. The van der Waals surface area contributed by atoms with Crippen LogP contribution in [0.15, 0.2) is 24.3 Å². The smallest absolute Gasteiger partial charge is 0.242 e. The van der Waals surface area contributed by atoms with E-state index in [0.717, 1.165) is 17.8 Å². The van der Waals surface area contributed by atoms with Crippen molar-refractivity contribution in [3.63, 3.8) is 0 Å². The normalized spacial score (nSPS) is 12.9. The molecule has 0 bridgehead atoms. The van der Waals surface area contributed by atoms with Gasteiger partial charge in [0.15, 0.2) is 0 Å². The van der Waals surface area contributed by atoms with Gasteiger partial charge in [0, 0.05) is 24.0 Å². The van der Waals surface area contributed by atoms with E-state index >= 15 is 0 Å². The molecule has 0 saturated carbocycles.